The number of ether oxygens (including phenoxy) is 1. The zero-order valence-electron chi connectivity index (χ0n) is 17.3. The number of nitrogens with one attached hydrogen (secondary N) is 1. The molecule has 0 spiro atoms. The van der Waals surface area contributed by atoms with Gasteiger partial charge in [0.15, 0.2) is 0 Å². The van der Waals surface area contributed by atoms with Gasteiger partial charge in [-0.1, -0.05) is 0 Å². The van der Waals surface area contributed by atoms with Crippen LogP contribution in [0.25, 0.3) is 0 Å². The molecule has 1 aliphatic rings. The van der Waals surface area contributed by atoms with Crippen molar-refractivity contribution in [3.05, 3.63) is 47.8 Å². The molecule has 0 unspecified atom stereocenters. The van der Waals surface area contributed by atoms with E-state index in [2.05, 4.69) is 4.72 Å². The lowest BCUT2D eigenvalue weighted by Gasteiger charge is -2.31. The number of hydrogen-bond donors (Lipinski definition) is 2. The molecule has 2 N–H and O–H groups in total. The Labute approximate surface area is 185 Å². The van der Waals surface area contributed by atoms with Gasteiger partial charge in [-0.15, -0.1) is 0 Å². The van der Waals surface area contributed by atoms with Crippen molar-refractivity contribution in [2.75, 3.05) is 50.0 Å². The molecule has 0 aromatic heterocycles. The summed E-state index contributed by atoms with van der Waals surface area (Å²) in [5.74, 6) is -2.74. The van der Waals surface area contributed by atoms with Crippen molar-refractivity contribution in [1.82, 2.24) is 4.31 Å². The van der Waals surface area contributed by atoms with E-state index in [1.165, 1.54) is 32.3 Å². The molecule has 0 atom stereocenters. The van der Waals surface area contributed by atoms with Crippen LogP contribution >= 0.6 is 0 Å². The lowest BCUT2D eigenvalue weighted by Crippen LogP contribution is -2.37. The molecule has 174 valence electrons. The average Bonchev–Trinajstić information content (AvgIpc) is 2.73. The van der Waals surface area contributed by atoms with Crippen molar-refractivity contribution in [2.24, 2.45) is 0 Å². The summed E-state index contributed by atoms with van der Waals surface area (Å²) in [6.07, 6.45) is 0. The average molecular weight is 488 g/mol. The predicted molar refractivity (Wildman–Crippen MR) is 115 cm³/mol. The van der Waals surface area contributed by atoms with E-state index in [0.29, 0.717) is 38.1 Å². The number of hydrogen-bond acceptors (Lipinski definition) is 7. The van der Waals surface area contributed by atoms with Gasteiger partial charge in [-0.3, -0.25) is 4.72 Å². The van der Waals surface area contributed by atoms with E-state index in [1.807, 2.05) is 4.90 Å². The highest BCUT2D eigenvalue weighted by Crippen LogP contribution is 2.32. The SMILES string of the molecule is CN(C)S(=O)(=O)c1ccc(N2CCOCC2)c(NS(=O)(=O)c2ccc(C(=O)O)c(F)c2)c1. The third-order valence-corrected chi connectivity index (χ3v) is 8.00. The van der Waals surface area contributed by atoms with Gasteiger partial charge in [0.25, 0.3) is 10.0 Å². The van der Waals surface area contributed by atoms with Crippen LogP contribution in [0.3, 0.4) is 0 Å². The Kier molecular flexibility index (Phi) is 6.74. The van der Waals surface area contributed by atoms with Gasteiger partial charge < -0.3 is 14.7 Å². The summed E-state index contributed by atoms with van der Waals surface area (Å²) in [6, 6.07) is 6.47. The van der Waals surface area contributed by atoms with Gasteiger partial charge in [0.2, 0.25) is 10.0 Å². The predicted octanol–water partition coefficient (Wildman–Crippen LogP) is 1.41. The number of carboxylic acids is 1. The maximum Gasteiger partial charge on any atom is 0.338 e. The molecule has 1 aliphatic heterocycles. The Balaban J connectivity index is 2.07. The number of morpholine rings is 1. The van der Waals surface area contributed by atoms with Crippen molar-refractivity contribution >= 4 is 37.4 Å². The van der Waals surface area contributed by atoms with E-state index < -0.39 is 42.3 Å². The zero-order chi connectivity index (χ0) is 23.7. The van der Waals surface area contributed by atoms with Crippen LogP contribution in [0.2, 0.25) is 0 Å². The fourth-order valence-corrected chi connectivity index (χ4v) is 5.09. The molecule has 1 heterocycles. The number of sulfonamides is 2. The third-order valence-electron chi connectivity index (χ3n) is 4.82. The largest absolute Gasteiger partial charge is 0.478 e. The minimum atomic E-state index is -4.37. The lowest BCUT2D eigenvalue weighted by molar-refractivity contribution is 0.0691. The Morgan fingerprint density at radius 1 is 1.06 bits per heavy atom. The van der Waals surface area contributed by atoms with Crippen molar-refractivity contribution in [2.45, 2.75) is 9.79 Å². The van der Waals surface area contributed by atoms with E-state index in [4.69, 9.17) is 9.84 Å². The number of carboxylic acid groups (broad SMARTS) is 1. The number of carbonyl (C=O) groups is 1. The summed E-state index contributed by atoms with van der Waals surface area (Å²) in [6.45, 7) is 1.73. The van der Waals surface area contributed by atoms with E-state index in [9.17, 15) is 26.0 Å². The number of nitrogens with zero attached hydrogens (tertiary/aromatic N) is 2. The van der Waals surface area contributed by atoms with Gasteiger partial charge in [-0.25, -0.2) is 30.3 Å². The number of aromatic carboxylic acids is 1. The van der Waals surface area contributed by atoms with Gasteiger partial charge in [0.05, 0.1) is 39.9 Å². The summed E-state index contributed by atoms with van der Waals surface area (Å²) >= 11 is 0. The first-order valence-corrected chi connectivity index (χ1v) is 12.3. The maximum absolute atomic E-state index is 14.1. The molecule has 2 aromatic carbocycles. The molecular weight excluding hydrogens is 465 g/mol. The van der Waals surface area contributed by atoms with E-state index in [1.54, 1.807) is 0 Å². The first kappa shape index (κ1) is 23.9. The highest BCUT2D eigenvalue weighted by atomic mass is 32.2. The van der Waals surface area contributed by atoms with Gasteiger partial charge >= 0.3 is 5.97 Å². The Bertz CT molecular complexity index is 1240. The molecule has 0 aliphatic carbocycles. The van der Waals surface area contributed by atoms with Crippen LogP contribution in [-0.4, -0.2) is 72.6 Å². The van der Waals surface area contributed by atoms with Gasteiger partial charge in [-0.05, 0) is 36.4 Å². The molecule has 0 bridgehead atoms. The standard InChI is InChI=1S/C19H22FN3O7S2/c1-22(2)32(28,29)14-4-6-18(23-7-9-30-10-8-23)17(12-14)21-31(26,27)13-3-5-15(19(24)25)16(20)11-13/h3-6,11-12,21H,7-10H2,1-2H3,(H,24,25). The summed E-state index contributed by atoms with van der Waals surface area (Å²) in [4.78, 5) is 12.2. The van der Waals surface area contributed by atoms with Crippen LogP contribution in [0.4, 0.5) is 15.8 Å². The fraction of sp³-hybridized carbons (Fsp3) is 0.316. The topological polar surface area (TPSA) is 133 Å². The maximum atomic E-state index is 14.1. The summed E-state index contributed by atoms with van der Waals surface area (Å²) < 4.78 is 73.7. The summed E-state index contributed by atoms with van der Waals surface area (Å²) in [5, 5.41) is 8.95. The van der Waals surface area contributed by atoms with Crippen molar-refractivity contribution < 1.29 is 35.9 Å². The van der Waals surface area contributed by atoms with Crippen molar-refractivity contribution in [3.63, 3.8) is 0 Å². The first-order valence-electron chi connectivity index (χ1n) is 9.38. The highest BCUT2D eigenvalue weighted by molar-refractivity contribution is 7.92. The lowest BCUT2D eigenvalue weighted by atomic mass is 10.2. The second-order valence-corrected chi connectivity index (χ2v) is 11.0. The van der Waals surface area contributed by atoms with E-state index in [-0.39, 0.29) is 10.6 Å². The molecule has 13 heteroatoms. The van der Waals surface area contributed by atoms with Crippen LogP contribution in [0.5, 0.6) is 0 Å². The van der Waals surface area contributed by atoms with Gasteiger partial charge in [-0.2, -0.15) is 0 Å². The molecular formula is C19H22FN3O7S2. The molecule has 0 saturated carbocycles. The molecule has 3 rings (SSSR count). The van der Waals surface area contributed by atoms with Crippen molar-refractivity contribution in [3.8, 4) is 0 Å². The zero-order valence-corrected chi connectivity index (χ0v) is 18.9. The molecule has 1 saturated heterocycles. The summed E-state index contributed by atoms with van der Waals surface area (Å²) in [5.41, 5.74) is -0.258. The molecule has 2 aromatic rings. The number of rotatable bonds is 7. The highest BCUT2D eigenvalue weighted by Gasteiger charge is 2.25. The number of halogens is 1. The quantitative estimate of drug-likeness (QED) is 0.599. The Hall–Kier alpha value is -2.74. The normalized spacial score (nSPS) is 15.1. The van der Waals surface area contributed by atoms with Crippen molar-refractivity contribution in [1.29, 1.82) is 0 Å². The monoisotopic (exact) mass is 487 g/mol. The molecule has 10 nitrogen and oxygen atoms in total. The Morgan fingerprint density at radius 3 is 2.25 bits per heavy atom. The second-order valence-electron chi connectivity index (χ2n) is 7.12. The molecule has 32 heavy (non-hydrogen) atoms. The smallest absolute Gasteiger partial charge is 0.338 e. The van der Waals surface area contributed by atoms with Gasteiger partial charge in [0.1, 0.15) is 5.82 Å². The number of benzene rings is 2. The van der Waals surface area contributed by atoms with Crippen LogP contribution in [0.1, 0.15) is 10.4 Å². The van der Waals surface area contributed by atoms with E-state index >= 15 is 0 Å². The molecule has 0 amide bonds. The molecule has 1 fully saturated rings. The first-order chi connectivity index (χ1) is 14.9. The van der Waals surface area contributed by atoms with Crippen LogP contribution < -0.4 is 9.62 Å². The van der Waals surface area contributed by atoms with E-state index in [0.717, 1.165) is 16.4 Å². The van der Waals surface area contributed by atoms with Crippen LogP contribution in [-0.2, 0) is 24.8 Å². The van der Waals surface area contributed by atoms with Crippen LogP contribution in [0.15, 0.2) is 46.2 Å². The molecule has 0 radical (unpaired) electrons. The fourth-order valence-electron chi connectivity index (χ4n) is 3.09. The summed E-state index contributed by atoms with van der Waals surface area (Å²) in [7, 11) is -5.53. The second kappa shape index (κ2) is 9.02. The van der Waals surface area contributed by atoms with Gasteiger partial charge in [0, 0.05) is 27.2 Å². The third kappa shape index (κ3) is 4.85. The Morgan fingerprint density at radius 2 is 1.69 bits per heavy atom. The minimum absolute atomic E-state index is 0.0162. The minimum Gasteiger partial charge on any atom is -0.478 e. The van der Waals surface area contributed by atoms with Crippen LogP contribution in [0, 0.1) is 5.82 Å². The number of anilines is 2.